The molecule has 0 amide bonds. The highest BCUT2D eigenvalue weighted by Gasteiger charge is 2.12. The fourth-order valence-electron chi connectivity index (χ4n) is 2.36. The van der Waals surface area contributed by atoms with E-state index in [9.17, 15) is 5.26 Å². The number of rotatable bonds is 7. The SMILES string of the molecule is CCOc1ccc(OCCC(C#N)c2ccccc2C)cc1. The van der Waals surface area contributed by atoms with Gasteiger partial charge in [0.1, 0.15) is 11.5 Å². The van der Waals surface area contributed by atoms with E-state index in [2.05, 4.69) is 6.07 Å². The van der Waals surface area contributed by atoms with Crippen molar-refractivity contribution in [2.45, 2.75) is 26.2 Å². The van der Waals surface area contributed by atoms with Crippen molar-refractivity contribution in [1.82, 2.24) is 0 Å². The number of nitriles is 1. The molecule has 0 aliphatic rings. The minimum atomic E-state index is -0.135. The van der Waals surface area contributed by atoms with Crippen LogP contribution in [-0.2, 0) is 0 Å². The second-order valence-electron chi connectivity index (χ2n) is 5.08. The largest absolute Gasteiger partial charge is 0.494 e. The van der Waals surface area contributed by atoms with Gasteiger partial charge in [0.05, 0.1) is 25.2 Å². The molecule has 0 radical (unpaired) electrons. The summed E-state index contributed by atoms with van der Waals surface area (Å²) in [6.07, 6.45) is 0.675. The molecule has 3 nitrogen and oxygen atoms in total. The summed E-state index contributed by atoms with van der Waals surface area (Å²) in [5.41, 5.74) is 2.23. The van der Waals surface area contributed by atoms with Crippen molar-refractivity contribution in [3.05, 3.63) is 59.7 Å². The van der Waals surface area contributed by atoms with Gasteiger partial charge in [-0.2, -0.15) is 5.26 Å². The molecule has 0 fully saturated rings. The number of hydrogen-bond donors (Lipinski definition) is 0. The van der Waals surface area contributed by atoms with E-state index in [4.69, 9.17) is 9.47 Å². The zero-order valence-electron chi connectivity index (χ0n) is 13.1. The van der Waals surface area contributed by atoms with E-state index in [1.54, 1.807) is 0 Å². The molecule has 2 aromatic carbocycles. The van der Waals surface area contributed by atoms with E-state index in [1.807, 2.05) is 62.4 Å². The van der Waals surface area contributed by atoms with Crippen molar-refractivity contribution in [3.8, 4) is 17.6 Å². The molecule has 1 unspecified atom stereocenters. The first-order chi connectivity index (χ1) is 10.7. The normalized spacial score (nSPS) is 11.5. The first-order valence-corrected chi connectivity index (χ1v) is 7.55. The third-order valence-electron chi connectivity index (χ3n) is 3.53. The van der Waals surface area contributed by atoms with E-state index in [0.717, 1.165) is 22.6 Å². The zero-order valence-corrected chi connectivity index (χ0v) is 13.1. The van der Waals surface area contributed by atoms with Crippen LogP contribution in [-0.4, -0.2) is 13.2 Å². The molecule has 114 valence electrons. The summed E-state index contributed by atoms with van der Waals surface area (Å²) in [6, 6.07) is 17.9. The lowest BCUT2D eigenvalue weighted by Crippen LogP contribution is -2.05. The molecule has 0 bridgehead atoms. The Balaban J connectivity index is 1.89. The number of benzene rings is 2. The second-order valence-corrected chi connectivity index (χ2v) is 5.08. The van der Waals surface area contributed by atoms with E-state index >= 15 is 0 Å². The van der Waals surface area contributed by atoms with E-state index < -0.39 is 0 Å². The quantitative estimate of drug-likeness (QED) is 0.757. The standard InChI is InChI=1S/C19H21NO2/c1-3-21-17-8-10-18(11-9-17)22-13-12-16(14-20)19-7-5-4-6-15(19)2/h4-11,16H,3,12-13H2,1-2H3. The van der Waals surface area contributed by atoms with Gasteiger partial charge in [-0.1, -0.05) is 24.3 Å². The van der Waals surface area contributed by atoms with Gasteiger partial charge in [0.25, 0.3) is 0 Å². The van der Waals surface area contributed by atoms with Crippen molar-refractivity contribution in [2.75, 3.05) is 13.2 Å². The summed E-state index contributed by atoms with van der Waals surface area (Å²) in [5.74, 6) is 1.50. The van der Waals surface area contributed by atoms with Gasteiger partial charge in [0.2, 0.25) is 0 Å². The number of aryl methyl sites for hydroxylation is 1. The summed E-state index contributed by atoms with van der Waals surface area (Å²) in [5, 5.41) is 9.37. The van der Waals surface area contributed by atoms with Crippen LogP contribution < -0.4 is 9.47 Å². The first-order valence-electron chi connectivity index (χ1n) is 7.55. The Hall–Kier alpha value is -2.47. The maximum Gasteiger partial charge on any atom is 0.119 e. The molecule has 2 rings (SSSR count). The highest BCUT2D eigenvalue weighted by atomic mass is 16.5. The van der Waals surface area contributed by atoms with Gasteiger partial charge in [-0.3, -0.25) is 0 Å². The summed E-state index contributed by atoms with van der Waals surface area (Å²) in [6.45, 7) is 5.16. The highest BCUT2D eigenvalue weighted by Crippen LogP contribution is 2.23. The van der Waals surface area contributed by atoms with Crippen LogP contribution in [0.25, 0.3) is 0 Å². The molecular weight excluding hydrogens is 274 g/mol. The van der Waals surface area contributed by atoms with Gasteiger partial charge in [0.15, 0.2) is 0 Å². The van der Waals surface area contributed by atoms with Crippen molar-refractivity contribution in [3.63, 3.8) is 0 Å². The van der Waals surface area contributed by atoms with Crippen LogP contribution >= 0.6 is 0 Å². The highest BCUT2D eigenvalue weighted by molar-refractivity contribution is 5.33. The van der Waals surface area contributed by atoms with Crippen LogP contribution in [0.15, 0.2) is 48.5 Å². The van der Waals surface area contributed by atoms with Gasteiger partial charge < -0.3 is 9.47 Å². The Kier molecular flexibility index (Phi) is 5.85. The van der Waals surface area contributed by atoms with E-state index in [1.165, 1.54) is 0 Å². The van der Waals surface area contributed by atoms with Gasteiger partial charge >= 0.3 is 0 Å². The van der Waals surface area contributed by atoms with Crippen LogP contribution in [0.4, 0.5) is 0 Å². The lowest BCUT2D eigenvalue weighted by Gasteiger charge is -2.13. The number of nitrogens with zero attached hydrogens (tertiary/aromatic N) is 1. The van der Waals surface area contributed by atoms with Gasteiger partial charge in [-0.05, 0) is 49.2 Å². The van der Waals surface area contributed by atoms with E-state index in [0.29, 0.717) is 19.6 Å². The van der Waals surface area contributed by atoms with Crippen LogP contribution in [0, 0.1) is 18.3 Å². The van der Waals surface area contributed by atoms with Gasteiger partial charge in [-0.15, -0.1) is 0 Å². The monoisotopic (exact) mass is 295 g/mol. The Bertz CT molecular complexity index is 629. The molecule has 2 aromatic rings. The summed E-state index contributed by atoms with van der Waals surface area (Å²) < 4.78 is 11.1. The third-order valence-corrected chi connectivity index (χ3v) is 3.53. The van der Waals surface area contributed by atoms with Crippen molar-refractivity contribution < 1.29 is 9.47 Å². The molecule has 0 aliphatic heterocycles. The topological polar surface area (TPSA) is 42.2 Å². The molecule has 22 heavy (non-hydrogen) atoms. The van der Waals surface area contributed by atoms with Crippen LogP contribution in [0.2, 0.25) is 0 Å². The maximum atomic E-state index is 9.37. The minimum absolute atomic E-state index is 0.135. The Morgan fingerprint density at radius 1 is 1.00 bits per heavy atom. The molecule has 3 heteroatoms. The van der Waals surface area contributed by atoms with Crippen LogP contribution in [0.5, 0.6) is 11.5 Å². The first kappa shape index (κ1) is 15.9. The van der Waals surface area contributed by atoms with Crippen molar-refractivity contribution in [2.24, 2.45) is 0 Å². The predicted molar refractivity (Wildman–Crippen MR) is 87.3 cm³/mol. The van der Waals surface area contributed by atoms with Crippen molar-refractivity contribution >= 4 is 0 Å². The van der Waals surface area contributed by atoms with Gasteiger partial charge in [0, 0.05) is 6.42 Å². The molecule has 0 saturated carbocycles. The summed E-state index contributed by atoms with van der Waals surface area (Å²) in [4.78, 5) is 0. The third kappa shape index (κ3) is 4.26. The average molecular weight is 295 g/mol. The Morgan fingerprint density at radius 3 is 2.23 bits per heavy atom. The number of hydrogen-bond acceptors (Lipinski definition) is 3. The molecular formula is C19H21NO2. The lowest BCUT2D eigenvalue weighted by molar-refractivity contribution is 0.303. The molecule has 1 atom stereocenters. The molecule has 0 N–H and O–H groups in total. The zero-order chi connectivity index (χ0) is 15.8. The minimum Gasteiger partial charge on any atom is -0.494 e. The fourth-order valence-corrected chi connectivity index (χ4v) is 2.36. The molecule has 0 heterocycles. The second kappa shape index (κ2) is 8.09. The smallest absolute Gasteiger partial charge is 0.119 e. The van der Waals surface area contributed by atoms with Crippen LogP contribution in [0.3, 0.4) is 0 Å². The molecule has 0 aliphatic carbocycles. The number of ether oxygens (including phenoxy) is 2. The maximum absolute atomic E-state index is 9.37. The average Bonchev–Trinajstić information content (AvgIpc) is 2.54. The molecule has 0 saturated heterocycles. The lowest BCUT2D eigenvalue weighted by atomic mass is 9.94. The van der Waals surface area contributed by atoms with Gasteiger partial charge in [-0.25, -0.2) is 0 Å². The molecule has 0 aromatic heterocycles. The molecule has 0 spiro atoms. The fraction of sp³-hybridized carbons (Fsp3) is 0.316. The summed E-state index contributed by atoms with van der Waals surface area (Å²) >= 11 is 0. The van der Waals surface area contributed by atoms with E-state index in [-0.39, 0.29) is 5.92 Å². The van der Waals surface area contributed by atoms with Crippen LogP contribution in [0.1, 0.15) is 30.4 Å². The predicted octanol–water partition coefficient (Wildman–Crippen LogP) is 4.47. The Labute approximate surface area is 132 Å². The van der Waals surface area contributed by atoms with Crippen molar-refractivity contribution in [1.29, 1.82) is 5.26 Å². The Morgan fingerprint density at radius 2 is 1.64 bits per heavy atom. The summed E-state index contributed by atoms with van der Waals surface area (Å²) in [7, 11) is 0.